The summed E-state index contributed by atoms with van der Waals surface area (Å²) in [6.07, 6.45) is 2.72. The highest BCUT2D eigenvalue weighted by Crippen LogP contribution is 2.40. The van der Waals surface area contributed by atoms with E-state index >= 15 is 0 Å². The first-order chi connectivity index (χ1) is 16.4. The third-order valence-electron chi connectivity index (χ3n) is 5.52. The van der Waals surface area contributed by atoms with Crippen LogP contribution in [-0.2, 0) is 22.4 Å². The summed E-state index contributed by atoms with van der Waals surface area (Å²) in [7, 11) is 4.46. The van der Waals surface area contributed by atoms with Crippen LogP contribution in [0.5, 0.6) is 11.5 Å². The number of hydrogen-bond acceptors (Lipinski definition) is 10. The van der Waals surface area contributed by atoms with Crippen LogP contribution >= 0.6 is 23.1 Å². The van der Waals surface area contributed by atoms with Gasteiger partial charge in [0.2, 0.25) is 11.8 Å². The molecule has 0 aliphatic heterocycles. The quantitative estimate of drug-likeness (QED) is 0.352. The van der Waals surface area contributed by atoms with Crippen molar-refractivity contribution in [2.45, 2.75) is 31.4 Å². The highest BCUT2D eigenvalue weighted by molar-refractivity contribution is 7.99. The number of nitrogens with zero attached hydrogens (tertiary/aromatic N) is 2. The number of carbonyl (C=O) groups excluding carboxylic acids is 2. The molecule has 0 fully saturated rings. The van der Waals surface area contributed by atoms with E-state index in [1.54, 1.807) is 32.4 Å². The number of anilines is 1. The van der Waals surface area contributed by atoms with Crippen molar-refractivity contribution in [1.29, 1.82) is 0 Å². The number of thioether (sulfide) groups is 1. The molecule has 2 aromatic heterocycles. The summed E-state index contributed by atoms with van der Waals surface area (Å²) in [6, 6.07) is 5.27. The van der Waals surface area contributed by atoms with Gasteiger partial charge in [-0.05, 0) is 48.9 Å². The normalized spacial score (nSPS) is 14.9. The summed E-state index contributed by atoms with van der Waals surface area (Å²) in [5, 5.41) is 11.7. The van der Waals surface area contributed by atoms with E-state index in [0.717, 1.165) is 41.5 Å². The fraction of sp³-hybridized carbons (Fsp3) is 0.391. The predicted molar refractivity (Wildman–Crippen MR) is 129 cm³/mol. The molecule has 1 aliphatic rings. The largest absolute Gasteiger partial charge is 0.493 e. The van der Waals surface area contributed by atoms with Gasteiger partial charge in [-0.1, -0.05) is 18.7 Å². The van der Waals surface area contributed by atoms with E-state index in [2.05, 4.69) is 22.4 Å². The molecule has 1 aliphatic carbocycles. The minimum Gasteiger partial charge on any atom is -0.493 e. The van der Waals surface area contributed by atoms with E-state index < -0.39 is 5.97 Å². The summed E-state index contributed by atoms with van der Waals surface area (Å²) in [4.78, 5) is 26.2. The average Bonchev–Trinajstić information content (AvgIpc) is 3.46. The standard InChI is InChI=1S/C23H25N3O6S2/c1-12-5-7-14-17(9-12)34-21(19(14)22(28)31-4)24-18(27)11-33-23-26-25-20(32-23)13-6-8-15(29-2)16(10-13)30-3/h6,8,10,12H,5,7,9,11H2,1-4H3,(H,24,27). The van der Waals surface area contributed by atoms with Gasteiger partial charge in [0.05, 0.1) is 32.6 Å². The maximum atomic E-state index is 12.7. The molecule has 0 spiro atoms. The van der Waals surface area contributed by atoms with Gasteiger partial charge in [0.1, 0.15) is 5.00 Å². The second-order valence-electron chi connectivity index (χ2n) is 7.83. The summed E-state index contributed by atoms with van der Waals surface area (Å²) >= 11 is 2.57. The fourth-order valence-electron chi connectivity index (χ4n) is 3.80. The van der Waals surface area contributed by atoms with Crippen LogP contribution in [0, 0.1) is 5.92 Å². The van der Waals surface area contributed by atoms with Crippen molar-refractivity contribution in [1.82, 2.24) is 10.2 Å². The number of fused-ring (bicyclic) bond motifs is 1. The molecule has 0 radical (unpaired) electrons. The van der Waals surface area contributed by atoms with Crippen LogP contribution in [0.4, 0.5) is 5.00 Å². The van der Waals surface area contributed by atoms with Crippen molar-refractivity contribution < 1.29 is 28.2 Å². The van der Waals surface area contributed by atoms with Gasteiger partial charge in [-0.3, -0.25) is 4.79 Å². The molecular formula is C23H25N3O6S2. The van der Waals surface area contributed by atoms with Gasteiger partial charge in [0.15, 0.2) is 11.5 Å². The Labute approximate surface area is 205 Å². The first-order valence-corrected chi connectivity index (χ1v) is 12.4. The number of ether oxygens (including phenoxy) is 3. The highest BCUT2D eigenvalue weighted by atomic mass is 32.2. The van der Waals surface area contributed by atoms with Crippen molar-refractivity contribution in [3.63, 3.8) is 0 Å². The molecule has 3 aromatic rings. The summed E-state index contributed by atoms with van der Waals surface area (Å²) in [5.41, 5.74) is 2.14. The number of methoxy groups -OCH3 is 3. The third-order valence-corrected chi connectivity index (χ3v) is 7.51. The first-order valence-electron chi connectivity index (χ1n) is 10.6. The maximum Gasteiger partial charge on any atom is 0.341 e. The van der Waals surface area contributed by atoms with Crippen molar-refractivity contribution in [3.05, 3.63) is 34.2 Å². The van der Waals surface area contributed by atoms with Gasteiger partial charge in [0, 0.05) is 10.4 Å². The number of amides is 1. The SMILES string of the molecule is COC(=O)c1c(NC(=O)CSc2nnc(-c3ccc(OC)c(OC)c3)o2)sc2c1CCC(C)C2. The Morgan fingerprint density at radius 2 is 2.00 bits per heavy atom. The molecule has 11 heteroatoms. The van der Waals surface area contributed by atoms with E-state index in [1.807, 2.05) is 0 Å². The van der Waals surface area contributed by atoms with Crippen LogP contribution in [0.2, 0.25) is 0 Å². The number of aromatic nitrogens is 2. The summed E-state index contributed by atoms with van der Waals surface area (Å²) in [6.45, 7) is 2.19. The van der Waals surface area contributed by atoms with E-state index in [9.17, 15) is 9.59 Å². The molecule has 180 valence electrons. The van der Waals surface area contributed by atoms with Crippen LogP contribution in [0.25, 0.3) is 11.5 Å². The molecule has 34 heavy (non-hydrogen) atoms. The average molecular weight is 504 g/mol. The van der Waals surface area contributed by atoms with Crippen LogP contribution < -0.4 is 14.8 Å². The molecule has 1 amide bonds. The predicted octanol–water partition coefficient (Wildman–Crippen LogP) is 4.46. The number of benzene rings is 1. The number of esters is 1. The Hall–Kier alpha value is -3.05. The summed E-state index contributed by atoms with van der Waals surface area (Å²) in [5.74, 6) is 1.34. The number of thiophene rings is 1. The van der Waals surface area contributed by atoms with Crippen LogP contribution in [0.15, 0.2) is 27.8 Å². The molecule has 1 N–H and O–H groups in total. The van der Waals surface area contributed by atoms with Gasteiger partial charge in [-0.15, -0.1) is 21.5 Å². The van der Waals surface area contributed by atoms with E-state index in [4.69, 9.17) is 18.6 Å². The number of carbonyl (C=O) groups is 2. The lowest BCUT2D eigenvalue weighted by atomic mass is 9.88. The minimum atomic E-state index is -0.425. The van der Waals surface area contributed by atoms with Gasteiger partial charge in [0.25, 0.3) is 5.22 Å². The zero-order chi connectivity index (χ0) is 24.2. The van der Waals surface area contributed by atoms with Crippen LogP contribution in [-0.4, -0.2) is 49.2 Å². The smallest absolute Gasteiger partial charge is 0.341 e. The van der Waals surface area contributed by atoms with E-state index in [1.165, 1.54) is 18.4 Å². The molecule has 1 unspecified atom stereocenters. The molecule has 4 rings (SSSR count). The molecule has 0 saturated heterocycles. The second kappa shape index (κ2) is 10.5. The third kappa shape index (κ3) is 5.05. The highest BCUT2D eigenvalue weighted by Gasteiger charge is 2.29. The molecule has 9 nitrogen and oxygen atoms in total. The van der Waals surface area contributed by atoms with Gasteiger partial charge in [-0.25, -0.2) is 4.79 Å². The Morgan fingerprint density at radius 3 is 2.74 bits per heavy atom. The maximum absolute atomic E-state index is 12.7. The van der Waals surface area contributed by atoms with E-state index in [0.29, 0.717) is 39.4 Å². The molecule has 1 atom stereocenters. The van der Waals surface area contributed by atoms with Crippen LogP contribution in [0.1, 0.15) is 34.1 Å². The second-order valence-corrected chi connectivity index (χ2v) is 9.86. The lowest BCUT2D eigenvalue weighted by Crippen LogP contribution is -2.17. The summed E-state index contributed by atoms with van der Waals surface area (Å²) < 4.78 is 21.2. The van der Waals surface area contributed by atoms with Crippen molar-refractivity contribution in [3.8, 4) is 23.0 Å². The first kappa shape index (κ1) is 24.1. The van der Waals surface area contributed by atoms with E-state index in [-0.39, 0.29) is 16.9 Å². The van der Waals surface area contributed by atoms with Crippen LogP contribution in [0.3, 0.4) is 0 Å². The molecular weight excluding hydrogens is 478 g/mol. The molecule has 0 saturated carbocycles. The minimum absolute atomic E-state index is 0.0488. The zero-order valence-corrected chi connectivity index (χ0v) is 20.9. The number of hydrogen-bond donors (Lipinski definition) is 1. The Bertz CT molecular complexity index is 1210. The van der Waals surface area contributed by atoms with Gasteiger partial charge in [-0.2, -0.15) is 0 Å². The number of nitrogens with one attached hydrogen (secondary N) is 1. The molecule has 2 heterocycles. The fourth-order valence-corrected chi connectivity index (χ4v) is 5.78. The van der Waals surface area contributed by atoms with Crippen molar-refractivity contribution in [2.75, 3.05) is 32.4 Å². The Kier molecular flexibility index (Phi) is 7.42. The topological polar surface area (TPSA) is 113 Å². The monoisotopic (exact) mass is 503 g/mol. The van der Waals surface area contributed by atoms with Gasteiger partial charge < -0.3 is 23.9 Å². The van der Waals surface area contributed by atoms with Crippen molar-refractivity contribution in [2.24, 2.45) is 5.92 Å². The van der Waals surface area contributed by atoms with Crippen molar-refractivity contribution >= 4 is 40.0 Å². The molecule has 0 bridgehead atoms. The zero-order valence-electron chi connectivity index (χ0n) is 19.3. The van der Waals surface area contributed by atoms with Gasteiger partial charge >= 0.3 is 5.97 Å². The lowest BCUT2D eigenvalue weighted by molar-refractivity contribution is -0.113. The Morgan fingerprint density at radius 1 is 1.21 bits per heavy atom. The number of rotatable bonds is 8. The molecule has 1 aromatic carbocycles. The lowest BCUT2D eigenvalue weighted by Gasteiger charge is -2.18. The Balaban J connectivity index is 1.43.